The molecule has 0 heterocycles. The molecule has 2 saturated carbocycles. The Kier molecular flexibility index (Phi) is 8.88. The van der Waals surface area contributed by atoms with Gasteiger partial charge in [0.25, 0.3) is 0 Å². The molecule has 0 unspecified atom stereocenters. The molecule has 1 atom stereocenters. The van der Waals surface area contributed by atoms with Crippen LogP contribution in [0.1, 0.15) is 70.8 Å². The first-order valence-electron chi connectivity index (χ1n) is 12.3. The predicted octanol–water partition coefficient (Wildman–Crippen LogP) is 2.82. The van der Waals surface area contributed by atoms with E-state index in [1.54, 1.807) is 6.07 Å². The van der Waals surface area contributed by atoms with Crippen molar-refractivity contribution in [3.8, 4) is 11.5 Å². The lowest BCUT2D eigenvalue weighted by atomic mass is 9.72. The van der Waals surface area contributed by atoms with Gasteiger partial charge in [0.05, 0.1) is 7.11 Å². The average molecular weight is 489 g/mol. The van der Waals surface area contributed by atoms with Gasteiger partial charge in [-0.1, -0.05) is 31.7 Å². The zero-order chi connectivity index (χ0) is 25.6. The van der Waals surface area contributed by atoms with E-state index in [4.69, 9.17) is 19.9 Å². The summed E-state index contributed by atoms with van der Waals surface area (Å²) in [6.07, 6.45) is 7.93. The van der Waals surface area contributed by atoms with Gasteiger partial charge in [-0.15, -0.1) is 0 Å². The van der Waals surface area contributed by atoms with Crippen LogP contribution in [-0.4, -0.2) is 42.5 Å². The number of nitrogens with two attached hydrogens (primary N) is 1. The molecule has 2 aliphatic carbocycles. The third kappa shape index (κ3) is 6.39. The largest absolute Gasteiger partial charge is 0.467 e. The Labute approximate surface area is 206 Å². The number of hydrogen-bond donors (Lipinski definition) is 2. The molecule has 0 spiro atoms. The number of rotatable bonds is 9. The van der Waals surface area contributed by atoms with Gasteiger partial charge in [0.2, 0.25) is 5.91 Å². The molecule has 2 aliphatic rings. The fourth-order valence-electron chi connectivity index (χ4n) is 5.52. The summed E-state index contributed by atoms with van der Waals surface area (Å²) < 4.78 is 15.3. The molecule has 1 amide bonds. The normalized spacial score (nSPS) is 17.6. The fraction of sp³-hybridized carbons (Fsp3) is 0.615. The molecule has 3 N–H and O–H groups in total. The highest BCUT2D eigenvalue weighted by atomic mass is 16.6. The number of amides is 1. The van der Waals surface area contributed by atoms with Gasteiger partial charge >= 0.3 is 17.9 Å². The molecule has 9 nitrogen and oxygen atoms in total. The highest BCUT2D eigenvalue weighted by Crippen LogP contribution is 2.43. The van der Waals surface area contributed by atoms with E-state index in [-0.39, 0.29) is 35.7 Å². The Morgan fingerprint density at radius 2 is 1.46 bits per heavy atom. The van der Waals surface area contributed by atoms with E-state index < -0.39 is 29.5 Å². The lowest BCUT2D eigenvalue weighted by Gasteiger charge is -2.40. The standard InChI is InChI=1S/C26H36N2O7/c1-16(29)34-22-13-12-18(15-23(22)35-17(2)30)14-21(24(31)33-3)28-25(32)26(27,19-8-4-5-9-19)20-10-6-7-11-20/h12-13,15,19-21H,4-11,14,27H2,1-3H3,(H,28,32)/t21-/m0/s1. The Hall–Kier alpha value is -2.94. The van der Waals surface area contributed by atoms with Crippen molar-refractivity contribution < 1.29 is 33.4 Å². The van der Waals surface area contributed by atoms with Crippen molar-refractivity contribution in [1.29, 1.82) is 0 Å². The van der Waals surface area contributed by atoms with Gasteiger partial charge in [-0.05, 0) is 55.2 Å². The first-order chi connectivity index (χ1) is 16.6. The number of hydrogen-bond acceptors (Lipinski definition) is 8. The maximum Gasteiger partial charge on any atom is 0.328 e. The van der Waals surface area contributed by atoms with Crippen LogP contribution in [-0.2, 0) is 30.3 Å². The van der Waals surface area contributed by atoms with Crippen molar-refractivity contribution in [2.24, 2.45) is 17.6 Å². The Bertz CT molecular complexity index is 933. The topological polar surface area (TPSA) is 134 Å². The third-order valence-electron chi connectivity index (χ3n) is 7.20. The summed E-state index contributed by atoms with van der Waals surface area (Å²) in [4.78, 5) is 49.3. The summed E-state index contributed by atoms with van der Waals surface area (Å²) in [5.41, 5.74) is 6.46. The zero-order valence-electron chi connectivity index (χ0n) is 20.8. The first-order valence-corrected chi connectivity index (χ1v) is 12.3. The van der Waals surface area contributed by atoms with Crippen LogP contribution in [0.15, 0.2) is 18.2 Å². The van der Waals surface area contributed by atoms with Crippen LogP contribution in [0.25, 0.3) is 0 Å². The second-order valence-corrected chi connectivity index (χ2v) is 9.62. The number of methoxy groups -OCH3 is 1. The Morgan fingerprint density at radius 1 is 0.943 bits per heavy atom. The van der Waals surface area contributed by atoms with Crippen LogP contribution < -0.4 is 20.5 Å². The number of esters is 3. The highest BCUT2D eigenvalue weighted by Gasteiger charge is 2.50. The Balaban J connectivity index is 1.85. The van der Waals surface area contributed by atoms with E-state index >= 15 is 0 Å². The molecule has 0 radical (unpaired) electrons. The van der Waals surface area contributed by atoms with Crippen molar-refractivity contribution in [2.75, 3.05) is 7.11 Å². The molecule has 1 aromatic rings. The molecule has 0 saturated heterocycles. The van der Waals surface area contributed by atoms with Crippen LogP contribution in [0.4, 0.5) is 0 Å². The average Bonchev–Trinajstić information content (AvgIpc) is 3.53. The summed E-state index contributed by atoms with van der Waals surface area (Å²) in [5, 5.41) is 2.89. The molecular formula is C26H36N2O7. The molecule has 3 rings (SSSR count). The summed E-state index contributed by atoms with van der Waals surface area (Å²) in [5.74, 6) is -1.77. The first kappa shape index (κ1) is 26.7. The molecule has 35 heavy (non-hydrogen) atoms. The van der Waals surface area contributed by atoms with Crippen LogP contribution in [0.2, 0.25) is 0 Å². The summed E-state index contributed by atoms with van der Waals surface area (Å²) in [6, 6.07) is 3.64. The second-order valence-electron chi connectivity index (χ2n) is 9.62. The van der Waals surface area contributed by atoms with Crippen LogP contribution >= 0.6 is 0 Å². The fourth-order valence-corrected chi connectivity index (χ4v) is 5.52. The van der Waals surface area contributed by atoms with Gasteiger partial charge in [0.15, 0.2) is 11.5 Å². The molecular weight excluding hydrogens is 452 g/mol. The molecule has 0 aliphatic heterocycles. The van der Waals surface area contributed by atoms with Crippen LogP contribution in [0.5, 0.6) is 11.5 Å². The summed E-state index contributed by atoms with van der Waals surface area (Å²) >= 11 is 0. The van der Waals surface area contributed by atoms with Crippen molar-refractivity contribution in [3.63, 3.8) is 0 Å². The van der Waals surface area contributed by atoms with Crippen molar-refractivity contribution in [2.45, 2.75) is 83.2 Å². The van der Waals surface area contributed by atoms with Crippen LogP contribution in [0, 0.1) is 11.8 Å². The molecule has 0 aromatic heterocycles. The third-order valence-corrected chi connectivity index (χ3v) is 7.20. The number of ether oxygens (including phenoxy) is 3. The monoisotopic (exact) mass is 488 g/mol. The van der Waals surface area contributed by atoms with Gasteiger partial charge in [-0.25, -0.2) is 4.79 Å². The smallest absolute Gasteiger partial charge is 0.328 e. The number of benzene rings is 1. The van der Waals surface area contributed by atoms with Crippen molar-refractivity contribution in [3.05, 3.63) is 23.8 Å². The quantitative estimate of drug-likeness (QED) is 0.400. The number of carbonyl (C=O) groups is 4. The van der Waals surface area contributed by atoms with E-state index in [1.807, 2.05) is 0 Å². The maximum absolute atomic E-state index is 13.7. The van der Waals surface area contributed by atoms with Gasteiger partial charge < -0.3 is 25.3 Å². The zero-order valence-corrected chi connectivity index (χ0v) is 20.8. The highest BCUT2D eigenvalue weighted by molar-refractivity contribution is 5.91. The van der Waals surface area contributed by atoms with E-state index in [0.717, 1.165) is 51.4 Å². The van der Waals surface area contributed by atoms with E-state index in [1.165, 1.54) is 33.1 Å². The SMILES string of the molecule is COC(=O)[C@H](Cc1ccc(OC(C)=O)c(OC(C)=O)c1)NC(=O)C(N)(C1CCCC1)C1CCCC1. The van der Waals surface area contributed by atoms with Gasteiger partial charge in [0.1, 0.15) is 11.6 Å². The van der Waals surface area contributed by atoms with Crippen LogP contribution in [0.3, 0.4) is 0 Å². The van der Waals surface area contributed by atoms with E-state index in [2.05, 4.69) is 5.32 Å². The minimum absolute atomic E-state index is 0.0465. The minimum Gasteiger partial charge on any atom is -0.467 e. The predicted molar refractivity (Wildman–Crippen MR) is 128 cm³/mol. The Morgan fingerprint density at radius 3 is 1.94 bits per heavy atom. The minimum atomic E-state index is -1.03. The summed E-state index contributed by atoms with van der Waals surface area (Å²) in [7, 11) is 1.26. The van der Waals surface area contributed by atoms with Crippen molar-refractivity contribution >= 4 is 23.8 Å². The lowest BCUT2D eigenvalue weighted by Crippen LogP contribution is -2.64. The van der Waals surface area contributed by atoms with Gasteiger partial charge in [-0.2, -0.15) is 0 Å². The summed E-state index contributed by atoms with van der Waals surface area (Å²) in [6.45, 7) is 2.47. The molecule has 2 fully saturated rings. The molecule has 9 heteroatoms. The van der Waals surface area contributed by atoms with Gasteiger partial charge in [0, 0.05) is 20.3 Å². The second kappa shape index (κ2) is 11.7. The van der Waals surface area contributed by atoms with E-state index in [0.29, 0.717) is 5.56 Å². The maximum atomic E-state index is 13.7. The molecule has 1 aromatic carbocycles. The lowest BCUT2D eigenvalue weighted by molar-refractivity contribution is -0.146. The van der Waals surface area contributed by atoms with Crippen molar-refractivity contribution in [1.82, 2.24) is 5.32 Å². The number of nitrogens with one attached hydrogen (secondary N) is 1. The molecule has 0 bridgehead atoms. The van der Waals surface area contributed by atoms with Gasteiger partial charge in [-0.3, -0.25) is 14.4 Å². The van der Waals surface area contributed by atoms with E-state index in [9.17, 15) is 19.2 Å². The molecule has 192 valence electrons. The number of carbonyl (C=O) groups excluding carboxylic acids is 4.